The third-order valence-corrected chi connectivity index (χ3v) is 4.44. The van der Waals surface area contributed by atoms with Gasteiger partial charge in [0.05, 0.1) is 5.39 Å². The number of nitrogens with zero attached hydrogens (tertiary/aromatic N) is 2. The number of amides is 1. The molecule has 0 bridgehead atoms. The lowest BCUT2D eigenvalue weighted by molar-refractivity contribution is 0.0938. The molecule has 0 radical (unpaired) electrons. The second kappa shape index (κ2) is 8.78. The Bertz CT molecular complexity index is 1150. The van der Waals surface area contributed by atoms with Gasteiger partial charge in [0.15, 0.2) is 10.8 Å². The number of aryl methyl sites for hydroxylation is 2. The van der Waals surface area contributed by atoms with Crippen molar-refractivity contribution in [1.29, 1.82) is 0 Å². The molecule has 1 aromatic heterocycles. The maximum absolute atomic E-state index is 13.6. The maximum atomic E-state index is 13.6. The zero-order chi connectivity index (χ0) is 21.0. The molecule has 3 rings (SSSR count). The highest BCUT2D eigenvalue weighted by atomic mass is 32.1. The number of fused-ring (bicyclic) bond motifs is 1. The molecule has 1 heterocycles. The van der Waals surface area contributed by atoms with Gasteiger partial charge in [-0.05, 0) is 49.3 Å². The Morgan fingerprint density at radius 2 is 1.90 bits per heavy atom. The van der Waals surface area contributed by atoms with Gasteiger partial charge in [-0.2, -0.15) is 5.10 Å². The number of hydrazine groups is 1. The summed E-state index contributed by atoms with van der Waals surface area (Å²) in [6.07, 6.45) is 0.700. The minimum Gasteiger partial charge on any atom is -0.331 e. The normalized spacial score (nSPS) is 10.6. The van der Waals surface area contributed by atoms with Crippen molar-refractivity contribution >= 4 is 39.7 Å². The Balaban J connectivity index is 1.77. The first-order valence-electron chi connectivity index (χ1n) is 9.04. The molecule has 1 amide bonds. The van der Waals surface area contributed by atoms with Crippen molar-refractivity contribution in [2.45, 2.75) is 26.8 Å². The first-order valence-corrected chi connectivity index (χ1v) is 9.45. The molecule has 9 heteroatoms. The molecule has 0 saturated carbocycles. The number of carbonyl (C=O) groups is 1. The lowest BCUT2D eigenvalue weighted by Crippen LogP contribution is -2.44. The number of hydrogen-bond acceptors (Lipinski definition) is 4. The van der Waals surface area contributed by atoms with Crippen LogP contribution in [0, 0.1) is 12.7 Å². The van der Waals surface area contributed by atoms with E-state index in [9.17, 15) is 14.0 Å². The monoisotopic (exact) mass is 413 g/mol. The van der Waals surface area contributed by atoms with Crippen LogP contribution in [0.15, 0.2) is 47.3 Å². The van der Waals surface area contributed by atoms with E-state index in [0.29, 0.717) is 35.0 Å². The van der Waals surface area contributed by atoms with E-state index in [2.05, 4.69) is 21.3 Å². The minimum atomic E-state index is -0.551. The number of anilines is 1. The second-order valence-corrected chi connectivity index (χ2v) is 6.83. The molecule has 3 N–H and O–H groups in total. The van der Waals surface area contributed by atoms with Crippen molar-refractivity contribution in [2.75, 3.05) is 5.32 Å². The fraction of sp³-hybridized carbons (Fsp3) is 0.200. The van der Waals surface area contributed by atoms with E-state index < -0.39 is 5.91 Å². The van der Waals surface area contributed by atoms with Crippen molar-refractivity contribution in [3.63, 3.8) is 0 Å². The highest BCUT2D eigenvalue weighted by Gasteiger charge is 2.16. The van der Waals surface area contributed by atoms with E-state index in [1.54, 1.807) is 43.3 Å². The summed E-state index contributed by atoms with van der Waals surface area (Å²) in [4.78, 5) is 25.2. The predicted molar refractivity (Wildman–Crippen MR) is 114 cm³/mol. The van der Waals surface area contributed by atoms with E-state index in [0.717, 1.165) is 0 Å². The Kier molecular flexibility index (Phi) is 6.18. The molecule has 2 aromatic carbocycles. The fourth-order valence-electron chi connectivity index (χ4n) is 2.77. The summed E-state index contributed by atoms with van der Waals surface area (Å²) in [7, 11) is 0. The molecule has 0 aliphatic rings. The van der Waals surface area contributed by atoms with Gasteiger partial charge in [0.2, 0.25) is 0 Å². The van der Waals surface area contributed by atoms with E-state index in [1.165, 1.54) is 10.7 Å². The molecule has 150 valence electrons. The number of nitrogens with one attached hydrogen (secondary N) is 3. The number of aromatic nitrogens is 2. The third-order valence-electron chi connectivity index (χ3n) is 4.24. The average molecular weight is 413 g/mol. The largest absolute Gasteiger partial charge is 0.331 e. The molecular weight excluding hydrogens is 393 g/mol. The Morgan fingerprint density at radius 3 is 2.59 bits per heavy atom. The highest BCUT2D eigenvalue weighted by Crippen LogP contribution is 2.14. The van der Waals surface area contributed by atoms with Crippen LogP contribution >= 0.6 is 12.2 Å². The van der Waals surface area contributed by atoms with Crippen LogP contribution in [0.4, 0.5) is 10.1 Å². The SMILES string of the molecule is CCCn1nc(C(=O)NNC(=S)Nc2ccc(C)c(F)c2)c2ccccc2c1=O. The van der Waals surface area contributed by atoms with Gasteiger partial charge >= 0.3 is 0 Å². The molecule has 0 fully saturated rings. The van der Waals surface area contributed by atoms with Gasteiger partial charge < -0.3 is 5.32 Å². The molecule has 0 aliphatic heterocycles. The van der Waals surface area contributed by atoms with Crippen molar-refractivity contribution < 1.29 is 9.18 Å². The van der Waals surface area contributed by atoms with Gasteiger partial charge in [-0.3, -0.25) is 20.4 Å². The Morgan fingerprint density at radius 1 is 1.17 bits per heavy atom. The Labute approximate surface area is 171 Å². The fourth-order valence-corrected chi connectivity index (χ4v) is 2.94. The zero-order valence-electron chi connectivity index (χ0n) is 16.0. The van der Waals surface area contributed by atoms with Crippen LogP contribution in [0.3, 0.4) is 0 Å². The van der Waals surface area contributed by atoms with Gasteiger partial charge in [-0.1, -0.05) is 31.2 Å². The zero-order valence-corrected chi connectivity index (χ0v) is 16.8. The number of hydrogen-bond donors (Lipinski definition) is 3. The summed E-state index contributed by atoms with van der Waals surface area (Å²) < 4.78 is 14.9. The van der Waals surface area contributed by atoms with E-state index in [1.807, 2.05) is 6.92 Å². The first kappa shape index (κ1) is 20.4. The molecule has 0 spiro atoms. The number of rotatable bonds is 4. The van der Waals surface area contributed by atoms with E-state index >= 15 is 0 Å². The van der Waals surface area contributed by atoms with Crippen LogP contribution < -0.4 is 21.7 Å². The van der Waals surface area contributed by atoms with Crippen LogP contribution in [0.5, 0.6) is 0 Å². The summed E-state index contributed by atoms with van der Waals surface area (Å²) in [5.41, 5.74) is 5.85. The molecular formula is C20H20FN5O2S. The van der Waals surface area contributed by atoms with Crippen LogP contribution in [-0.2, 0) is 6.54 Å². The average Bonchev–Trinajstić information content (AvgIpc) is 2.71. The summed E-state index contributed by atoms with van der Waals surface area (Å²) in [6, 6.07) is 11.4. The van der Waals surface area contributed by atoms with E-state index in [4.69, 9.17) is 12.2 Å². The van der Waals surface area contributed by atoms with Gasteiger partial charge in [-0.25, -0.2) is 9.07 Å². The maximum Gasteiger partial charge on any atom is 0.290 e. The lowest BCUT2D eigenvalue weighted by atomic mass is 10.1. The van der Waals surface area contributed by atoms with Crippen molar-refractivity contribution in [3.05, 3.63) is 69.9 Å². The molecule has 0 atom stereocenters. The molecule has 29 heavy (non-hydrogen) atoms. The highest BCUT2D eigenvalue weighted by molar-refractivity contribution is 7.80. The molecule has 7 nitrogen and oxygen atoms in total. The van der Waals surface area contributed by atoms with Gasteiger partial charge in [0.25, 0.3) is 11.5 Å². The van der Waals surface area contributed by atoms with Crippen molar-refractivity contribution in [2.24, 2.45) is 0 Å². The van der Waals surface area contributed by atoms with Crippen LogP contribution in [0.1, 0.15) is 29.4 Å². The number of carbonyl (C=O) groups excluding carboxylic acids is 1. The third kappa shape index (κ3) is 4.57. The molecule has 3 aromatic rings. The van der Waals surface area contributed by atoms with Crippen molar-refractivity contribution in [3.8, 4) is 0 Å². The van der Waals surface area contributed by atoms with Gasteiger partial charge in [0, 0.05) is 17.6 Å². The van der Waals surface area contributed by atoms with Crippen LogP contribution in [0.25, 0.3) is 10.8 Å². The van der Waals surface area contributed by atoms with E-state index in [-0.39, 0.29) is 22.2 Å². The smallest absolute Gasteiger partial charge is 0.290 e. The lowest BCUT2D eigenvalue weighted by Gasteiger charge is -2.13. The minimum absolute atomic E-state index is 0.0767. The standard InChI is InChI=1S/C20H20FN5O2S/c1-3-10-26-19(28)15-7-5-4-6-14(15)17(25-26)18(27)23-24-20(29)22-13-9-8-12(2)16(21)11-13/h4-9,11H,3,10H2,1-2H3,(H,23,27)(H2,22,24,29). The quantitative estimate of drug-likeness (QED) is 0.450. The summed E-state index contributed by atoms with van der Waals surface area (Å²) in [6.45, 7) is 3.98. The van der Waals surface area contributed by atoms with Crippen LogP contribution in [0.2, 0.25) is 0 Å². The van der Waals surface area contributed by atoms with Crippen LogP contribution in [-0.4, -0.2) is 20.8 Å². The summed E-state index contributed by atoms with van der Waals surface area (Å²) >= 11 is 5.13. The molecule has 0 saturated heterocycles. The number of benzene rings is 2. The van der Waals surface area contributed by atoms with Gasteiger partial charge in [-0.15, -0.1) is 0 Å². The molecule has 0 unspecified atom stereocenters. The predicted octanol–water partition coefficient (Wildman–Crippen LogP) is 2.89. The van der Waals surface area contributed by atoms with Gasteiger partial charge in [0.1, 0.15) is 5.82 Å². The second-order valence-electron chi connectivity index (χ2n) is 6.42. The first-order chi connectivity index (χ1) is 13.9. The van der Waals surface area contributed by atoms with Crippen molar-refractivity contribution in [1.82, 2.24) is 20.6 Å². The Hall–Kier alpha value is -3.33. The number of halogens is 1. The summed E-state index contributed by atoms with van der Waals surface area (Å²) in [5, 5.41) is 7.94. The topological polar surface area (TPSA) is 88.1 Å². The molecule has 0 aliphatic carbocycles. The number of thiocarbonyl (C=S) groups is 1. The summed E-state index contributed by atoms with van der Waals surface area (Å²) in [5.74, 6) is -0.916.